The lowest BCUT2D eigenvalue weighted by atomic mass is 9.93. The van der Waals surface area contributed by atoms with Gasteiger partial charge in [0.25, 0.3) is 5.91 Å². The summed E-state index contributed by atoms with van der Waals surface area (Å²) in [5, 5.41) is 10.3. The maximum absolute atomic E-state index is 12.6. The molecule has 0 fully saturated rings. The van der Waals surface area contributed by atoms with Crippen LogP contribution in [0.2, 0.25) is 0 Å². The molecule has 2 heteroatoms. The van der Waals surface area contributed by atoms with Gasteiger partial charge in [0.15, 0.2) is 0 Å². The molecule has 2 nitrogen and oxygen atoms in total. The van der Waals surface area contributed by atoms with Crippen LogP contribution in [0.4, 0.5) is 5.69 Å². The number of amides is 1. The lowest BCUT2D eigenvalue weighted by molar-refractivity contribution is 0.102. The van der Waals surface area contributed by atoms with E-state index in [1.54, 1.807) is 0 Å². The molecule has 0 unspecified atom stereocenters. The number of hydrogen-bond acceptors (Lipinski definition) is 1. The second kappa shape index (κ2) is 5.32. The average Bonchev–Trinajstić information content (AvgIpc) is 2.68. The number of hydrogen-bond donors (Lipinski definition) is 1. The molecule has 0 bridgehead atoms. The Bertz CT molecular complexity index is 1210. The summed E-state index contributed by atoms with van der Waals surface area (Å²) < 4.78 is 0. The van der Waals surface area contributed by atoms with Crippen molar-refractivity contribution in [2.75, 3.05) is 5.32 Å². The molecule has 0 aromatic heterocycles. The fourth-order valence-corrected chi connectivity index (χ4v) is 3.63. The smallest absolute Gasteiger partial charge is 0.255 e. The number of anilines is 1. The molecule has 0 heterocycles. The second-order valence-corrected chi connectivity index (χ2v) is 6.29. The highest BCUT2D eigenvalue weighted by atomic mass is 16.1. The van der Waals surface area contributed by atoms with Gasteiger partial charge in [-0.1, -0.05) is 66.7 Å². The lowest BCUT2D eigenvalue weighted by Crippen LogP contribution is -2.11. The van der Waals surface area contributed by atoms with Crippen LogP contribution in [0.3, 0.4) is 0 Å². The summed E-state index contributed by atoms with van der Waals surface area (Å²) in [5.74, 6) is -0.0874. The number of rotatable bonds is 2. The molecule has 0 aliphatic rings. The van der Waals surface area contributed by atoms with Gasteiger partial charge in [0.2, 0.25) is 0 Å². The number of carbonyl (C=O) groups excluding carboxylic acids is 1. The zero-order valence-electron chi connectivity index (χ0n) is 13.5. The van der Waals surface area contributed by atoms with E-state index < -0.39 is 0 Å². The number of benzene rings is 5. The highest BCUT2D eigenvalue weighted by Gasteiger charge is 2.12. The van der Waals surface area contributed by atoms with Crippen molar-refractivity contribution in [2.45, 2.75) is 0 Å². The van der Waals surface area contributed by atoms with Crippen molar-refractivity contribution in [1.29, 1.82) is 0 Å². The van der Waals surface area contributed by atoms with Crippen LogP contribution in [-0.2, 0) is 0 Å². The second-order valence-electron chi connectivity index (χ2n) is 6.29. The van der Waals surface area contributed by atoms with E-state index in [2.05, 4.69) is 53.8 Å². The molecule has 5 aromatic carbocycles. The molecule has 0 aliphatic carbocycles. The summed E-state index contributed by atoms with van der Waals surface area (Å²) in [4.78, 5) is 12.6. The van der Waals surface area contributed by atoms with Gasteiger partial charge in [0, 0.05) is 16.6 Å². The third-order valence-corrected chi connectivity index (χ3v) is 4.81. The van der Waals surface area contributed by atoms with Crippen LogP contribution in [0.1, 0.15) is 10.4 Å². The molecule has 0 saturated carbocycles. The molecule has 5 rings (SSSR count). The minimum Gasteiger partial charge on any atom is -0.321 e. The quantitative estimate of drug-likeness (QED) is 0.407. The Morgan fingerprint density at radius 1 is 0.600 bits per heavy atom. The van der Waals surface area contributed by atoms with Crippen LogP contribution in [-0.4, -0.2) is 5.91 Å². The molecule has 0 atom stereocenters. The average molecular weight is 321 g/mol. The summed E-state index contributed by atoms with van der Waals surface area (Å²) in [6.07, 6.45) is 0. The van der Waals surface area contributed by atoms with Crippen molar-refractivity contribution >= 4 is 43.9 Å². The minimum atomic E-state index is -0.0874. The first-order chi connectivity index (χ1) is 12.3. The lowest BCUT2D eigenvalue weighted by Gasteiger charge is -2.14. The van der Waals surface area contributed by atoms with Crippen molar-refractivity contribution in [3.8, 4) is 0 Å². The highest BCUT2D eigenvalue weighted by Crippen LogP contribution is 2.37. The Balaban J connectivity index is 1.73. The van der Waals surface area contributed by atoms with E-state index in [4.69, 9.17) is 0 Å². The molecule has 0 aliphatic heterocycles. The summed E-state index contributed by atoms with van der Waals surface area (Å²) in [7, 11) is 0. The standard InChI is InChI=1S/C23H15NO/c25-23(18-5-2-1-3-6-18)24-20-14-12-17-10-9-15-7-4-8-16-11-13-19(20)22(17)21(15)16/h1-14H,(H,24,25). The monoisotopic (exact) mass is 321 g/mol. The van der Waals surface area contributed by atoms with Crippen LogP contribution < -0.4 is 5.32 Å². The highest BCUT2D eigenvalue weighted by molar-refractivity contribution is 6.26. The summed E-state index contributed by atoms with van der Waals surface area (Å²) in [6, 6.07) is 28.3. The van der Waals surface area contributed by atoms with E-state index >= 15 is 0 Å². The van der Waals surface area contributed by atoms with E-state index in [1.807, 2.05) is 36.4 Å². The zero-order chi connectivity index (χ0) is 16.8. The predicted molar refractivity (Wildman–Crippen MR) is 105 cm³/mol. The Hall–Kier alpha value is -3.39. The topological polar surface area (TPSA) is 29.1 Å². The molecule has 5 aromatic rings. The molecular formula is C23H15NO. The third kappa shape index (κ3) is 2.15. The van der Waals surface area contributed by atoms with E-state index in [0.717, 1.165) is 11.1 Å². The van der Waals surface area contributed by atoms with Gasteiger partial charge in [-0.15, -0.1) is 0 Å². The first kappa shape index (κ1) is 14.0. The molecule has 1 amide bonds. The van der Waals surface area contributed by atoms with E-state index in [1.165, 1.54) is 26.9 Å². The number of nitrogens with one attached hydrogen (secondary N) is 1. The first-order valence-corrected chi connectivity index (χ1v) is 8.34. The van der Waals surface area contributed by atoms with Gasteiger partial charge >= 0.3 is 0 Å². The number of carbonyl (C=O) groups is 1. The van der Waals surface area contributed by atoms with Crippen LogP contribution in [0.5, 0.6) is 0 Å². The van der Waals surface area contributed by atoms with Gasteiger partial charge in [0.05, 0.1) is 0 Å². The van der Waals surface area contributed by atoms with Gasteiger partial charge in [-0.2, -0.15) is 0 Å². The fraction of sp³-hybridized carbons (Fsp3) is 0. The van der Waals surface area contributed by atoms with Crippen molar-refractivity contribution in [1.82, 2.24) is 0 Å². The van der Waals surface area contributed by atoms with E-state index in [9.17, 15) is 4.79 Å². The molecule has 0 saturated heterocycles. The minimum absolute atomic E-state index is 0.0874. The van der Waals surface area contributed by atoms with Gasteiger partial charge in [-0.25, -0.2) is 0 Å². The fourth-order valence-electron chi connectivity index (χ4n) is 3.63. The molecular weight excluding hydrogens is 306 g/mol. The van der Waals surface area contributed by atoms with Crippen LogP contribution in [0, 0.1) is 0 Å². The predicted octanol–water partition coefficient (Wildman–Crippen LogP) is 5.84. The Labute approximate surface area is 145 Å². The molecule has 118 valence electrons. The Kier molecular flexibility index (Phi) is 2.98. The largest absolute Gasteiger partial charge is 0.321 e. The first-order valence-electron chi connectivity index (χ1n) is 8.34. The summed E-state index contributed by atoms with van der Waals surface area (Å²) >= 11 is 0. The Morgan fingerprint density at radius 2 is 1.24 bits per heavy atom. The van der Waals surface area contributed by atoms with Crippen molar-refractivity contribution < 1.29 is 4.79 Å². The van der Waals surface area contributed by atoms with Crippen LogP contribution in [0.25, 0.3) is 32.3 Å². The van der Waals surface area contributed by atoms with Crippen LogP contribution in [0.15, 0.2) is 84.9 Å². The van der Waals surface area contributed by atoms with Crippen LogP contribution >= 0.6 is 0 Å². The van der Waals surface area contributed by atoms with Gasteiger partial charge in [0.1, 0.15) is 0 Å². The van der Waals surface area contributed by atoms with Gasteiger partial charge in [-0.05, 0) is 45.1 Å². The van der Waals surface area contributed by atoms with E-state index in [-0.39, 0.29) is 5.91 Å². The molecule has 1 N–H and O–H groups in total. The van der Waals surface area contributed by atoms with Gasteiger partial charge < -0.3 is 5.32 Å². The van der Waals surface area contributed by atoms with Crippen molar-refractivity contribution in [3.63, 3.8) is 0 Å². The van der Waals surface area contributed by atoms with Gasteiger partial charge in [-0.3, -0.25) is 4.79 Å². The summed E-state index contributed by atoms with van der Waals surface area (Å²) in [6.45, 7) is 0. The normalized spacial score (nSPS) is 11.4. The molecule has 25 heavy (non-hydrogen) atoms. The zero-order valence-corrected chi connectivity index (χ0v) is 13.5. The Morgan fingerprint density at radius 3 is 2.00 bits per heavy atom. The maximum Gasteiger partial charge on any atom is 0.255 e. The SMILES string of the molecule is O=C(Nc1ccc2ccc3cccc4ccc1c2c34)c1ccccc1. The van der Waals surface area contributed by atoms with Crippen molar-refractivity contribution in [3.05, 3.63) is 90.5 Å². The summed E-state index contributed by atoms with van der Waals surface area (Å²) in [5.41, 5.74) is 1.51. The molecule has 0 spiro atoms. The third-order valence-electron chi connectivity index (χ3n) is 4.81. The van der Waals surface area contributed by atoms with E-state index in [0.29, 0.717) is 5.56 Å². The molecule has 0 radical (unpaired) electrons. The maximum atomic E-state index is 12.6. The van der Waals surface area contributed by atoms with Crippen molar-refractivity contribution in [2.24, 2.45) is 0 Å².